The van der Waals surface area contributed by atoms with Crippen LogP contribution in [0.3, 0.4) is 0 Å². The highest BCUT2D eigenvalue weighted by atomic mass is 16.6. The minimum Gasteiger partial charge on any atom is -0.482 e. The fourth-order valence-electron chi connectivity index (χ4n) is 1.83. The van der Waals surface area contributed by atoms with Gasteiger partial charge in [-0.1, -0.05) is 18.2 Å². The summed E-state index contributed by atoms with van der Waals surface area (Å²) < 4.78 is 10.6. The molecule has 0 heterocycles. The number of aliphatic imine (C=N–C) groups is 1. The lowest BCUT2D eigenvalue weighted by molar-refractivity contribution is -0.157. The minimum absolute atomic E-state index is 0.102. The van der Waals surface area contributed by atoms with Crippen LogP contribution in [0, 0.1) is 0 Å². The lowest BCUT2D eigenvalue weighted by Crippen LogP contribution is -2.27. The van der Waals surface area contributed by atoms with Crippen LogP contribution in [0.15, 0.2) is 59.6 Å². The molecule has 0 spiro atoms. The number of hydrogen-bond donors (Lipinski definition) is 0. The van der Waals surface area contributed by atoms with Crippen LogP contribution in [0.2, 0.25) is 0 Å². The van der Waals surface area contributed by atoms with Gasteiger partial charge in [0.2, 0.25) is 0 Å². The smallest absolute Gasteiger partial charge is 0.344 e. The first-order chi connectivity index (χ1) is 10.9. The van der Waals surface area contributed by atoms with Crippen molar-refractivity contribution in [1.29, 1.82) is 0 Å². The van der Waals surface area contributed by atoms with Crippen LogP contribution < -0.4 is 4.74 Å². The third-order valence-corrected chi connectivity index (χ3v) is 2.78. The molecule has 0 amide bonds. The van der Waals surface area contributed by atoms with Crippen molar-refractivity contribution in [2.45, 2.75) is 26.4 Å². The number of carbonyl (C=O) groups excluding carboxylic acids is 1. The van der Waals surface area contributed by atoms with Crippen LogP contribution >= 0.6 is 0 Å². The summed E-state index contributed by atoms with van der Waals surface area (Å²) in [5, 5.41) is 0. The van der Waals surface area contributed by atoms with E-state index < -0.39 is 5.60 Å². The van der Waals surface area contributed by atoms with Gasteiger partial charge in [-0.25, -0.2) is 4.79 Å². The number of hydrogen-bond acceptors (Lipinski definition) is 4. The van der Waals surface area contributed by atoms with Gasteiger partial charge in [-0.3, -0.25) is 4.99 Å². The van der Waals surface area contributed by atoms with E-state index >= 15 is 0 Å². The summed E-state index contributed by atoms with van der Waals surface area (Å²) in [6.45, 7) is 5.37. The number of ether oxygens (including phenoxy) is 2. The van der Waals surface area contributed by atoms with E-state index in [-0.39, 0.29) is 12.6 Å². The monoisotopic (exact) mass is 311 g/mol. The molecular formula is C19H21NO3. The van der Waals surface area contributed by atoms with Gasteiger partial charge in [-0.2, -0.15) is 0 Å². The molecule has 0 aliphatic rings. The Balaban J connectivity index is 1.87. The maximum Gasteiger partial charge on any atom is 0.344 e. The topological polar surface area (TPSA) is 47.9 Å². The molecule has 2 aromatic rings. The Morgan fingerprint density at radius 2 is 1.70 bits per heavy atom. The fourth-order valence-corrected chi connectivity index (χ4v) is 1.83. The van der Waals surface area contributed by atoms with Crippen LogP contribution in [0.25, 0.3) is 0 Å². The van der Waals surface area contributed by atoms with E-state index in [1.54, 1.807) is 18.3 Å². The summed E-state index contributed by atoms with van der Waals surface area (Å²) >= 11 is 0. The predicted octanol–water partition coefficient (Wildman–Crippen LogP) is 4.16. The Kier molecular flexibility index (Phi) is 5.52. The van der Waals surface area contributed by atoms with Crippen LogP contribution in [0.5, 0.6) is 5.75 Å². The first-order valence-electron chi connectivity index (χ1n) is 7.46. The van der Waals surface area contributed by atoms with E-state index in [0.29, 0.717) is 5.75 Å². The van der Waals surface area contributed by atoms with Crippen molar-refractivity contribution in [2.24, 2.45) is 4.99 Å². The molecule has 0 aliphatic carbocycles. The SMILES string of the molecule is CC(C)(C)OC(=O)COc1ccc(C=Nc2ccccc2)cc1. The molecule has 23 heavy (non-hydrogen) atoms. The number of esters is 1. The van der Waals surface area contributed by atoms with Crippen molar-refractivity contribution >= 4 is 17.9 Å². The van der Waals surface area contributed by atoms with E-state index in [2.05, 4.69) is 4.99 Å². The molecule has 0 aliphatic heterocycles. The molecule has 0 saturated carbocycles. The molecule has 2 rings (SSSR count). The number of para-hydroxylation sites is 1. The standard InChI is InChI=1S/C19H21NO3/c1-19(2,3)23-18(21)14-22-17-11-9-15(10-12-17)13-20-16-7-5-4-6-8-16/h4-13H,14H2,1-3H3. The second-order valence-electron chi connectivity index (χ2n) is 6.04. The highest BCUT2D eigenvalue weighted by molar-refractivity contribution is 5.82. The van der Waals surface area contributed by atoms with Crippen molar-refractivity contribution in [2.75, 3.05) is 6.61 Å². The van der Waals surface area contributed by atoms with Crippen molar-refractivity contribution in [3.05, 3.63) is 60.2 Å². The van der Waals surface area contributed by atoms with Crippen molar-refractivity contribution in [3.63, 3.8) is 0 Å². The molecule has 120 valence electrons. The molecule has 4 nitrogen and oxygen atoms in total. The first-order valence-corrected chi connectivity index (χ1v) is 7.46. The maximum atomic E-state index is 11.6. The number of rotatable bonds is 5. The third-order valence-electron chi connectivity index (χ3n) is 2.78. The number of carbonyl (C=O) groups is 1. The summed E-state index contributed by atoms with van der Waals surface area (Å²) in [6.07, 6.45) is 1.78. The Bertz CT molecular complexity index is 655. The molecule has 0 fully saturated rings. The van der Waals surface area contributed by atoms with Crippen molar-refractivity contribution in [1.82, 2.24) is 0 Å². The van der Waals surface area contributed by atoms with Crippen LogP contribution in [0.4, 0.5) is 5.69 Å². The normalized spacial score (nSPS) is 11.4. The molecule has 0 N–H and O–H groups in total. The zero-order chi connectivity index (χ0) is 16.7. The van der Waals surface area contributed by atoms with E-state index in [1.165, 1.54) is 0 Å². The summed E-state index contributed by atoms with van der Waals surface area (Å²) in [7, 11) is 0. The van der Waals surface area contributed by atoms with Crippen molar-refractivity contribution in [3.8, 4) is 5.75 Å². The van der Waals surface area contributed by atoms with Gasteiger partial charge >= 0.3 is 5.97 Å². The van der Waals surface area contributed by atoms with Gasteiger partial charge < -0.3 is 9.47 Å². The van der Waals surface area contributed by atoms with E-state index in [0.717, 1.165) is 11.3 Å². The van der Waals surface area contributed by atoms with Gasteiger partial charge in [-0.15, -0.1) is 0 Å². The molecular weight excluding hydrogens is 290 g/mol. The highest BCUT2D eigenvalue weighted by Gasteiger charge is 2.16. The van der Waals surface area contributed by atoms with Gasteiger partial charge in [0, 0.05) is 6.21 Å². The lowest BCUT2D eigenvalue weighted by atomic mass is 10.2. The Morgan fingerprint density at radius 1 is 1.04 bits per heavy atom. The quantitative estimate of drug-likeness (QED) is 0.615. The number of nitrogens with zero attached hydrogens (tertiary/aromatic N) is 1. The first kappa shape index (κ1) is 16.7. The van der Waals surface area contributed by atoms with E-state index in [1.807, 2.05) is 63.2 Å². The summed E-state index contributed by atoms with van der Waals surface area (Å²) in [5.74, 6) is 0.236. The van der Waals surface area contributed by atoms with Crippen LogP contribution in [-0.2, 0) is 9.53 Å². The molecule has 4 heteroatoms. The van der Waals surface area contributed by atoms with E-state index in [4.69, 9.17) is 9.47 Å². The largest absolute Gasteiger partial charge is 0.482 e. The van der Waals surface area contributed by atoms with Crippen LogP contribution in [-0.4, -0.2) is 24.4 Å². The highest BCUT2D eigenvalue weighted by Crippen LogP contribution is 2.14. The third kappa shape index (κ3) is 6.34. The van der Waals surface area contributed by atoms with Gasteiger partial charge in [0.1, 0.15) is 11.4 Å². The second kappa shape index (κ2) is 7.58. The predicted molar refractivity (Wildman–Crippen MR) is 91.5 cm³/mol. The Morgan fingerprint density at radius 3 is 2.30 bits per heavy atom. The number of benzene rings is 2. The molecule has 0 atom stereocenters. The van der Waals surface area contributed by atoms with Gasteiger partial charge in [-0.05, 0) is 62.7 Å². The molecule has 0 aromatic heterocycles. The molecule has 0 bridgehead atoms. The maximum absolute atomic E-state index is 11.6. The van der Waals surface area contributed by atoms with E-state index in [9.17, 15) is 4.79 Å². The van der Waals surface area contributed by atoms with Crippen LogP contribution in [0.1, 0.15) is 26.3 Å². The van der Waals surface area contributed by atoms with Crippen molar-refractivity contribution < 1.29 is 14.3 Å². The molecule has 0 radical (unpaired) electrons. The Hall–Kier alpha value is -2.62. The molecule has 0 saturated heterocycles. The van der Waals surface area contributed by atoms with Gasteiger partial charge in [0.25, 0.3) is 0 Å². The average Bonchev–Trinajstić information content (AvgIpc) is 2.51. The zero-order valence-electron chi connectivity index (χ0n) is 13.7. The lowest BCUT2D eigenvalue weighted by Gasteiger charge is -2.19. The second-order valence-corrected chi connectivity index (χ2v) is 6.04. The molecule has 0 unspecified atom stereocenters. The summed E-state index contributed by atoms with van der Waals surface area (Å²) in [6, 6.07) is 17.1. The fraction of sp³-hybridized carbons (Fsp3) is 0.263. The summed E-state index contributed by atoms with van der Waals surface area (Å²) in [5.41, 5.74) is 1.36. The zero-order valence-corrected chi connectivity index (χ0v) is 13.7. The van der Waals surface area contributed by atoms with Gasteiger partial charge in [0.15, 0.2) is 6.61 Å². The minimum atomic E-state index is -0.502. The summed E-state index contributed by atoms with van der Waals surface area (Å²) in [4.78, 5) is 16.0. The molecule has 2 aromatic carbocycles. The Labute approximate surface area is 136 Å². The average molecular weight is 311 g/mol. The van der Waals surface area contributed by atoms with Gasteiger partial charge in [0.05, 0.1) is 5.69 Å².